The summed E-state index contributed by atoms with van der Waals surface area (Å²) in [5.74, 6) is 0.654. The largest absolute Gasteiger partial charge is 0.378 e. The Morgan fingerprint density at radius 3 is 2.66 bits per heavy atom. The van der Waals surface area contributed by atoms with Gasteiger partial charge in [0.05, 0.1) is 29.4 Å². The number of aromatic nitrogens is 6. The highest BCUT2D eigenvalue weighted by Crippen LogP contribution is 2.34. The van der Waals surface area contributed by atoms with E-state index in [4.69, 9.17) is 9.26 Å². The molecule has 0 aromatic carbocycles. The zero-order valence-electron chi connectivity index (χ0n) is 19.5. The summed E-state index contributed by atoms with van der Waals surface area (Å²) < 4.78 is 12.2. The molecule has 4 aromatic rings. The lowest BCUT2D eigenvalue weighted by atomic mass is 9.98. The first kappa shape index (κ1) is 22.6. The van der Waals surface area contributed by atoms with Gasteiger partial charge in [-0.1, -0.05) is 11.2 Å². The van der Waals surface area contributed by atoms with Crippen LogP contribution in [0.5, 0.6) is 0 Å². The number of ether oxygens (including phenoxy) is 1. The highest BCUT2D eigenvalue weighted by molar-refractivity contribution is 5.87. The summed E-state index contributed by atoms with van der Waals surface area (Å²) in [6.07, 6.45) is 1.87. The number of carbonyl (C=O) groups is 1. The molecule has 5 heterocycles. The van der Waals surface area contributed by atoms with Gasteiger partial charge in [-0.3, -0.25) is 9.48 Å². The number of aliphatic hydroxyl groups is 1. The Labute approximate surface area is 200 Å². The number of nitrogens with one attached hydrogen (secondary N) is 1. The minimum Gasteiger partial charge on any atom is -0.378 e. The number of methoxy groups -OCH3 is 1. The minimum atomic E-state index is -1.71. The molecule has 1 aliphatic rings. The van der Waals surface area contributed by atoms with Gasteiger partial charge in [-0.25, -0.2) is 15.0 Å². The van der Waals surface area contributed by atoms with Crippen LogP contribution in [0.2, 0.25) is 0 Å². The number of nitrogens with zero attached hydrogens (tertiary/aromatic N) is 7. The van der Waals surface area contributed by atoms with Crippen molar-refractivity contribution >= 4 is 17.7 Å². The van der Waals surface area contributed by atoms with Gasteiger partial charge in [-0.05, 0) is 18.2 Å². The van der Waals surface area contributed by atoms with E-state index in [0.717, 1.165) is 5.69 Å². The fourth-order valence-corrected chi connectivity index (χ4v) is 3.92. The Morgan fingerprint density at radius 1 is 1.14 bits per heavy atom. The molecule has 0 bridgehead atoms. The number of hydrogen-bond donors (Lipinski definition) is 2. The maximum absolute atomic E-state index is 12.4. The highest BCUT2D eigenvalue weighted by Gasteiger charge is 2.48. The van der Waals surface area contributed by atoms with Crippen molar-refractivity contribution < 1.29 is 19.2 Å². The van der Waals surface area contributed by atoms with E-state index in [-0.39, 0.29) is 12.2 Å². The molecular weight excluding hydrogens is 452 g/mol. The number of likely N-dealkylation sites (tertiary alicyclic amines) is 1. The smallest absolute Gasteiger partial charge is 0.262 e. The van der Waals surface area contributed by atoms with Crippen molar-refractivity contribution in [2.24, 2.45) is 7.05 Å². The topological polar surface area (TPSA) is 144 Å². The van der Waals surface area contributed by atoms with Gasteiger partial charge >= 0.3 is 0 Å². The second kappa shape index (κ2) is 8.89. The molecule has 12 nitrogen and oxygen atoms in total. The third kappa shape index (κ3) is 4.24. The molecule has 35 heavy (non-hydrogen) atoms. The normalized spacial score (nSPS) is 17.8. The fraction of sp³-hybridized carbons (Fsp3) is 0.304. The van der Waals surface area contributed by atoms with Gasteiger partial charge in [0.2, 0.25) is 11.5 Å². The molecular formula is C23H24N8O4. The van der Waals surface area contributed by atoms with E-state index < -0.39 is 11.5 Å². The van der Waals surface area contributed by atoms with Crippen molar-refractivity contribution in [3.05, 3.63) is 54.0 Å². The van der Waals surface area contributed by atoms with Crippen LogP contribution in [0.1, 0.15) is 17.9 Å². The first-order valence-corrected chi connectivity index (χ1v) is 10.9. The number of amides is 1. The van der Waals surface area contributed by atoms with Crippen LogP contribution in [0.25, 0.3) is 22.8 Å². The first-order valence-electron chi connectivity index (χ1n) is 10.9. The van der Waals surface area contributed by atoms with E-state index in [0.29, 0.717) is 47.7 Å². The Morgan fingerprint density at radius 2 is 1.91 bits per heavy atom. The van der Waals surface area contributed by atoms with E-state index in [1.165, 1.54) is 4.90 Å². The third-order valence-corrected chi connectivity index (χ3v) is 5.87. The highest BCUT2D eigenvalue weighted by atomic mass is 16.5. The summed E-state index contributed by atoms with van der Waals surface area (Å²) in [6.45, 7) is 0.879. The molecule has 1 unspecified atom stereocenters. The van der Waals surface area contributed by atoms with Crippen LogP contribution in [0.4, 0.5) is 11.8 Å². The summed E-state index contributed by atoms with van der Waals surface area (Å²) in [4.78, 5) is 27.3. The minimum absolute atomic E-state index is 0.103. The van der Waals surface area contributed by atoms with Gasteiger partial charge < -0.3 is 24.6 Å². The van der Waals surface area contributed by atoms with E-state index in [9.17, 15) is 9.90 Å². The molecule has 0 spiro atoms. The van der Waals surface area contributed by atoms with Crippen molar-refractivity contribution in [3.63, 3.8) is 0 Å². The lowest BCUT2D eigenvalue weighted by molar-refractivity contribution is -0.144. The fourth-order valence-electron chi connectivity index (χ4n) is 3.92. The van der Waals surface area contributed by atoms with Gasteiger partial charge in [0, 0.05) is 52.5 Å². The van der Waals surface area contributed by atoms with Gasteiger partial charge in [0.25, 0.3) is 5.91 Å². The Bertz CT molecular complexity index is 1380. The van der Waals surface area contributed by atoms with Crippen LogP contribution < -0.4 is 5.32 Å². The summed E-state index contributed by atoms with van der Waals surface area (Å²) in [5, 5.41) is 22.3. The van der Waals surface area contributed by atoms with Crippen LogP contribution in [0.3, 0.4) is 0 Å². The molecule has 1 atom stereocenters. The van der Waals surface area contributed by atoms with Gasteiger partial charge in [-0.15, -0.1) is 0 Å². The summed E-state index contributed by atoms with van der Waals surface area (Å²) in [7, 11) is 5.10. The molecule has 1 fully saturated rings. The molecule has 0 aliphatic carbocycles. The number of pyridine rings is 1. The number of likely N-dealkylation sites (N-methyl/N-ethyl adjacent to an activating group) is 1. The molecule has 0 saturated carbocycles. The predicted octanol–water partition coefficient (Wildman–Crippen LogP) is 1.87. The van der Waals surface area contributed by atoms with E-state index in [2.05, 4.69) is 30.5 Å². The van der Waals surface area contributed by atoms with E-state index >= 15 is 0 Å². The van der Waals surface area contributed by atoms with Crippen molar-refractivity contribution in [1.29, 1.82) is 0 Å². The molecule has 180 valence electrons. The quantitative estimate of drug-likeness (QED) is 0.405. The number of hydrogen-bond acceptors (Lipinski definition) is 10. The van der Waals surface area contributed by atoms with Crippen LogP contribution in [0, 0.1) is 0 Å². The molecule has 5 rings (SSSR count). The predicted molar refractivity (Wildman–Crippen MR) is 124 cm³/mol. The Kier molecular flexibility index (Phi) is 5.75. The van der Waals surface area contributed by atoms with Crippen molar-refractivity contribution in [1.82, 2.24) is 34.8 Å². The summed E-state index contributed by atoms with van der Waals surface area (Å²) in [5.41, 5.74) is 1.30. The molecule has 12 heteroatoms. The second-order valence-electron chi connectivity index (χ2n) is 8.29. The van der Waals surface area contributed by atoms with Crippen molar-refractivity contribution in [2.45, 2.75) is 18.6 Å². The molecule has 2 N–H and O–H groups in total. The molecule has 0 radical (unpaired) electrons. The van der Waals surface area contributed by atoms with Crippen LogP contribution in [-0.2, 0) is 28.8 Å². The van der Waals surface area contributed by atoms with Crippen molar-refractivity contribution in [2.75, 3.05) is 26.0 Å². The maximum atomic E-state index is 12.4. The van der Waals surface area contributed by atoms with Crippen LogP contribution >= 0.6 is 0 Å². The molecule has 1 saturated heterocycles. The number of rotatable bonds is 7. The SMILES string of the molecule is COCc1cc(Nc2nccc(-c3cccc(-c4cc(C5(O)CCN(C)C5=O)on4)n3)n2)nn1C. The van der Waals surface area contributed by atoms with Gasteiger partial charge in [0.1, 0.15) is 5.69 Å². The first-order chi connectivity index (χ1) is 16.9. The monoisotopic (exact) mass is 476 g/mol. The average Bonchev–Trinajstić information content (AvgIpc) is 3.56. The van der Waals surface area contributed by atoms with E-state index in [1.807, 2.05) is 25.2 Å². The Hall–Kier alpha value is -4.16. The number of carbonyl (C=O) groups excluding carboxylic acids is 1. The third-order valence-electron chi connectivity index (χ3n) is 5.87. The van der Waals surface area contributed by atoms with E-state index in [1.54, 1.807) is 43.2 Å². The average molecular weight is 476 g/mol. The molecule has 1 aliphatic heterocycles. The number of aryl methyl sites for hydroxylation is 1. The summed E-state index contributed by atoms with van der Waals surface area (Å²) >= 11 is 0. The van der Waals surface area contributed by atoms with Crippen LogP contribution in [0.15, 0.2) is 47.1 Å². The zero-order chi connectivity index (χ0) is 24.6. The lowest BCUT2D eigenvalue weighted by Crippen LogP contribution is -2.35. The zero-order valence-corrected chi connectivity index (χ0v) is 19.5. The van der Waals surface area contributed by atoms with Gasteiger partial charge in [0.15, 0.2) is 11.6 Å². The lowest BCUT2D eigenvalue weighted by Gasteiger charge is -2.16. The standard InChI is InChI=1S/C23H24N8O4/c1-30-10-8-23(33,21(30)32)19-12-18(29-35-19)16-6-4-5-15(25-16)17-7-9-24-22(26-17)27-20-11-14(13-34-3)31(2)28-20/h4-7,9,11-12,33H,8,10,13H2,1-3H3,(H,24,26,27,28). The molecule has 1 amide bonds. The second-order valence-corrected chi connectivity index (χ2v) is 8.29. The molecule has 4 aromatic heterocycles. The maximum Gasteiger partial charge on any atom is 0.262 e. The summed E-state index contributed by atoms with van der Waals surface area (Å²) in [6, 6.07) is 10.6. The van der Waals surface area contributed by atoms with Crippen molar-refractivity contribution in [3.8, 4) is 22.8 Å². The Balaban J connectivity index is 1.39. The number of anilines is 2. The van der Waals surface area contributed by atoms with Crippen LogP contribution in [-0.4, -0.2) is 66.5 Å². The van der Waals surface area contributed by atoms with Gasteiger partial charge in [-0.2, -0.15) is 5.10 Å².